The molecule has 0 saturated carbocycles. The van der Waals surface area contributed by atoms with Crippen molar-refractivity contribution < 1.29 is 70.9 Å². The van der Waals surface area contributed by atoms with Crippen LogP contribution in [0.15, 0.2) is 115 Å². The van der Waals surface area contributed by atoms with Crippen LogP contribution in [-0.2, 0) is 38.5 Å². The van der Waals surface area contributed by atoms with E-state index in [0.29, 0.717) is 142 Å². The van der Waals surface area contributed by atoms with Gasteiger partial charge in [-0.2, -0.15) is 8.78 Å². The first-order valence-corrected chi connectivity index (χ1v) is 36.2. The fourth-order valence-corrected chi connectivity index (χ4v) is 16.5. The van der Waals surface area contributed by atoms with Crippen molar-refractivity contribution in [3.05, 3.63) is 206 Å². The standard InChI is InChI=1S/C40H27F4N7O5.C37H34N8O5.C3H9NO.CH4/c41-23-16-24(42)35(44)36(34(23)43)56-39(54)30-15-22-18-8-11-50(32(18)5-2-27(22)48-30)37(52)28-13-20-17-7-10-49(31(17)4-1-25(20)46-28)38(53)29-14-21-19-9-12-51(40(45)55)33(19)6-3-26(21)47-29;38-37(50)45-14-10-21-24-18-30(42-27(24)4-7-33(21)45)36(49)44-13-9-20-23-17-29(41-26(23)3-6-32(20)44)35(48)43-12-8-19-22-16-28(34(47)39-11-1-15-46)40-25(22)2-5-31(19)43;4-2-1-3-5;/h1-6,13-16,46-48H,7-12H2,(H2,45,55);2-7,16-18,40-42,46H,1,8-15H2,(H2,38,50)(H,39,47);5H,1-4H2;1H4. The molecule has 12 heterocycles. The molecule has 0 fully saturated rings. The average Bonchev–Trinajstić information content (AvgIpc) is 1.59. The van der Waals surface area contributed by atoms with Crippen molar-refractivity contribution in [3.8, 4) is 5.75 Å². The zero-order valence-electron chi connectivity index (χ0n) is 59.2. The number of hydrogen-bond acceptors (Lipinski definition) is 12. The van der Waals surface area contributed by atoms with Crippen molar-refractivity contribution in [3.63, 3.8) is 0 Å². The molecule has 572 valence electrons. The molecule has 13 aromatic rings. The molecular formula is C81H74F4N16O11. The number of halogens is 4. The second kappa shape index (κ2) is 28.6. The molecular weight excluding hydrogens is 1450 g/mol. The van der Waals surface area contributed by atoms with Gasteiger partial charge in [-0.1, -0.05) is 7.43 Å². The third-order valence-corrected chi connectivity index (χ3v) is 21.7. The topological polar surface area (TPSA) is 391 Å². The Morgan fingerprint density at radius 1 is 0.384 bits per heavy atom. The fraction of sp³-hybridized carbons (Fsp3) is 0.235. The van der Waals surface area contributed by atoms with Crippen LogP contribution in [0.3, 0.4) is 0 Å². The number of aromatic nitrogens is 6. The predicted molar refractivity (Wildman–Crippen MR) is 415 cm³/mol. The number of nitrogens with zero attached hydrogens (tertiary/aromatic N) is 6. The summed E-state index contributed by atoms with van der Waals surface area (Å²) in [6, 6.07) is 31.7. The number of aliphatic hydroxyl groups excluding tert-OH is 2. The largest absolute Gasteiger partial charge is 0.415 e. The van der Waals surface area contributed by atoms with Crippen LogP contribution in [0.2, 0.25) is 0 Å². The minimum Gasteiger partial charge on any atom is -0.415 e. The minimum absolute atomic E-state index is 0. The number of amides is 9. The van der Waals surface area contributed by atoms with E-state index in [2.05, 4.69) is 35.2 Å². The number of hydrogen-bond donors (Lipinski definition) is 12. The number of primary amides is 2. The van der Waals surface area contributed by atoms with Crippen molar-refractivity contribution in [2.45, 2.75) is 58.8 Å². The van der Waals surface area contributed by atoms with Crippen LogP contribution in [0.5, 0.6) is 5.75 Å². The summed E-state index contributed by atoms with van der Waals surface area (Å²) >= 11 is 0. The molecule has 9 amide bonds. The van der Waals surface area contributed by atoms with E-state index in [4.69, 9.17) is 32.2 Å². The van der Waals surface area contributed by atoms with E-state index in [9.17, 15) is 55.9 Å². The van der Waals surface area contributed by atoms with Gasteiger partial charge in [-0.25, -0.2) is 23.2 Å². The summed E-state index contributed by atoms with van der Waals surface area (Å²) in [6.45, 7) is 4.00. The first-order chi connectivity index (χ1) is 53.7. The van der Waals surface area contributed by atoms with Crippen LogP contribution in [0, 0.1) is 23.3 Å². The maximum absolute atomic E-state index is 14.2. The Balaban J connectivity index is 0.000000159. The maximum atomic E-state index is 14.2. The quantitative estimate of drug-likeness (QED) is 0.0179. The number of aliphatic hydroxyl groups is 2. The number of rotatable bonds is 12. The van der Waals surface area contributed by atoms with Gasteiger partial charge in [0, 0.05) is 165 Å². The number of fused-ring (bicyclic) bond motifs is 18. The molecule has 15 N–H and O–H groups in total. The van der Waals surface area contributed by atoms with E-state index in [1.807, 2.05) is 84.9 Å². The molecule has 6 aromatic heterocycles. The highest BCUT2D eigenvalue weighted by atomic mass is 19.2. The third kappa shape index (κ3) is 12.2. The second-order valence-corrected chi connectivity index (χ2v) is 27.9. The van der Waals surface area contributed by atoms with Crippen LogP contribution < -0.4 is 56.7 Å². The van der Waals surface area contributed by atoms with Gasteiger partial charge < -0.3 is 87.0 Å². The van der Waals surface area contributed by atoms with Crippen LogP contribution in [0.4, 0.5) is 61.3 Å². The third-order valence-electron chi connectivity index (χ3n) is 21.7. The minimum atomic E-state index is -1.84. The molecule has 0 saturated heterocycles. The Labute approximate surface area is 633 Å². The number of urea groups is 2. The summed E-state index contributed by atoms with van der Waals surface area (Å²) in [7, 11) is 0. The van der Waals surface area contributed by atoms with E-state index in [0.717, 1.165) is 123 Å². The van der Waals surface area contributed by atoms with Crippen LogP contribution >= 0.6 is 0 Å². The van der Waals surface area contributed by atoms with Gasteiger partial charge in [0.05, 0.1) is 0 Å². The van der Waals surface area contributed by atoms with Gasteiger partial charge >= 0.3 is 18.0 Å². The lowest BCUT2D eigenvalue weighted by molar-refractivity contribution is 0.0711. The van der Waals surface area contributed by atoms with Crippen LogP contribution in [0.25, 0.3) is 65.4 Å². The van der Waals surface area contributed by atoms with Crippen molar-refractivity contribution >= 4 is 147 Å². The normalized spacial score (nSPS) is 14.3. The summed E-state index contributed by atoms with van der Waals surface area (Å²) in [5, 5.41) is 24.8. The van der Waals surface area contributed by atoms with E-state index in [-0.39, 0.29) is 61.9 Å². The highest BCUT2D eigenvalue weighted by Crippen LogP contribution is 2.44. The smallest absolute Gasteiger partial charge is 0.360 e. The Bertz CT molecular complexity index is 6140. The Morgan fingerprint density at radius 2 is 0.652 bits per heavy atom. The molecule has 0 aliphatic carbocycles. The summed E-state index contributed by atoms with van der Waals surface area (Å²) in [5.74, 6) is -10.9. The number of esters is 1. The number of H-pyrrole nitrogens is 6. The summed E-state index contributed by atoms with van der Waals surface area (Å²) < 4.78 is 60.4. The molecule has 19 rings (SSSR count). The van der Waals surface area contributed by atoms with E-state index >= 15 is 0 Å². The van der Waals surface area contributed by atoms with Gasteiger partial charge in [-0.3, -0.25) is 33.8 Å². The fourth-order valence-electron chi connectivity index (χ4n) is 16.5. The van der Waals surface area contributed by atoms with Gasteiger partial charge in [-0.15, -0.1) is 0 Å². The maximum Gasteiger partial charge on any atom is 0.360 e. The number of aromatic amines is 6. The Hall–Kier alpha value is -13.3. The van der Waals surface area contributed by atoms with E-state index in [1.165, 1.54) is 11.0 Å². The number of anilines is 6. The molecule has 27 nitrogen and oxygen atoms in total. The van der Waals surface area contributed by atoms with Crippen molar-refractivity contribution in [1.29, 1.82) is 0 Å². The lowest BCUT2D eigenvalue weighted by Gasteiger charge is -2.16. The molecule has 0 atom stereocenters. The predicted octanol–water partition coefficient (Wildman–Crippen LogP) is 10.8. The van der Waals surface area contributed by atoms with Gasteiger partial charge in [0.1, 0.15) is 34.2 Å². The number of ether oxygens (including phenoxy) is 1. The van der Waals surface area contributed by atoms with E-state index < -0.39 is 47.0 Å². The van der Waals surface area contributed by atoms with Gasteiger partial charge in [0.2, 0.25) is 17.4 Å². The van der Waals surface area contributed by atoms with Crippen molar-refractivity contribution in [1.82, 2.24) is 35.2 Å². The molecule has 7 aromatic carbocycles. The first-order valence-electron chi connectivity index (χ1n) is 36.2. The summed E-state index contributed by atoms with van der Waals surface area (Å²) in [4.78, 5) is 134. The monoisotopic (exact) mass is 1520 g/mol. The molecule has 0 radical (unpaired) electrons. The number of carbonyl (C=O) groups is 8. The highest BCUT2D eigenvalue weighted by Gasteiger charge is 2.37. The van der Waals surface area contributed by atoms with Gasteiger partial charge in [0.25, 0.3) is 29.5 Å². The van der Waals surface area contributed by atoms with Crippen molar-refractivity contribution in [2.24, 2.45) is 17.2 Å². The van der Waals surface area contributed by atoms with Crippen LogP contribution in [0.1, 0.15) is 117 Å². The zero-order chi connectivity index (χ0) is 77.1. The zero-order valence-corrected chi connectivity index (χ0v) is 59.2. The second-order valence-electron chi connectivity index (χ2n) is 27.9. The molecule has 6 aliphatic rings. The first kappa shape index (κ1) is 72.9. The molecule has 6 aliphatic heterocycles. The Kier molecular flexibility index (Phi) is 18.6. The number of carbonyl (C=O) groups excluding carboxylic acids is 8. The molecule has 112 heavy (non-hydrogen) atoms. The number of nitrogens with two attached hydrogens (primary N) is 3. The SMILES string of the molecule is C.NC(=O)N1CCc2c1ccc1[nH]c(C(=O)N3CCc4c3ccc3[nH]c(C(=O)N5CCc6c5ccc5[nH]c(C(=O)NCCCO)cc65)cc43)cc21.NC(=O)N1CCc2c1ccc1[nH]c(C(=O)N3CCc4c3ccc3[nH]c(C(=O)N5CCc6c5ccc5[nH]c(C(=O)Oc7c(F)c(F)cc(F)c7F)cc65)cc43)cc21.NCCCO. The Morgan fingerprint density at radius 3 is 0.938 bits per heavy atom. The van der Waals surface area contributed by atoms with Gasteiger partial charge in [0.15, 0.2) is 11.6 Å². The molecule has 0 spiro atoms. The average molecular weight is 1520 g/mol. The van der Waals surface area contributed by atoms with Gasteiger partial charge in [-0.05, 0) is 200 Å². The molecule has 0 unspecified atom stereocenters. The van der Waals surface area contributed by atoms with Crippen LogP contribution in [-0.4, -0.2) is 153 Å². The number of benzene rings is 7. The highest BCUT2D eigenvalue weighted by molar-refractivity contribution is 6.16. The van der Waals surface area contributed by atoms with Crippen molar-refractivity contribution in [2.75, 3.05) is 95.0 Å². The molecule has 0 bridgehead atoms. The lowest BCUT2D eigenvalue weighted by Crippen LogP contribution is -2.33. The van der Waals surface area contributed by atoms with E-state index in [1.54, 1.807) is 42.7 Å². The summed E-state index contributed by atoms with van der Waals surface area (Å²) in [5.41, 5.74) is 32.7. The molecule has 31 heteroatoms. The summed E-state index contributed by atoms with van der Waals surface area (Å²) in [6.07, 6.45) is 4.83. The lowest BCUT2D eigenvalue weighted by atomic mass is 10.1. The number of nitrogens with one attached hydrogen (secondary N) is 7.